The zero-order valence-corrected chi connectivity index (χ0v) is 13.8. The first-order chi connectivity index (χ1) is 12.0. The van der Waals surface area contributed by atoms with Gasteiger partial charge >= 0.3 is 0 Å². The number of nitrogens with zero attached hydrogens (tertiary/aromatic N) is 1. The average Bonchev–Trinajstić information content (AvgIpc) is 3.09. The molecule has 8 nitrogen and oxygen atoms in total. The molecule has 130 valence electrons. The summed E-state index contributed by atoms with van der Waals surface area (Å²) in [5.41, 5.74) is 2.96. The van der Waals surface area contributed by atoms with Crippen molar-refractivity contribution in [3.05, 3.63) is 54.1 Å². The summed E-state index contributed by atoms with van der Waals surface area (Å²) in [5, 5.41) is 3.78. The van der Waals surface area contributed by atoms with Gasteiger partial charge in [0.15, 0.2) is 11.5 Å². The van der Waals surface area contributed by atoms with Crippen LogP contribution in [0.4, 0.5) is 0 Å². The predicted octanol–water partition coefficient (Wildman–Crippen LogP) is 0.844. The summed E-state index contributed by atoms with van der Waals surface area (Å²) < 4.78 is 36.6. The molecule has 1 heterocycles. The lowest BCUT2D eigenvalue weighted by Crippen LogP contribution is -2.34. The van der Waals surface area contributed by atoms with Gasteiger partial charge in [-0.25, -0.2) is 18.6 Å². The Morgan fingerprint density at radius 1 is 1.12 bits per heavy atom. The van der Waals surface area contributed by atoms with Gasteiger partial charge in [-0.15, -0.1) is 0 Å². The van der Waals surface area contributed by atoms with E-state index in [1.165, 1.54) is 18.3 Å². The van der Waals surface area contributed by atoms with Crippen LogP contribution in [0.2, 0.25) is 0 Å². The zero-order valence-electron chi connectivity index (χ0n) is 13.0. The molecule has 0 atom stereocenters. The van der Waals surface area contributed by atoms with E-state index in [1.54, 1.807) is 36.4 Å². The molecule has 9 heteroatoms. The highest BCUT2D eigenvalue weighted by atomic mass is 32.2. The highest BCUT2D eigenvalue weighted by Crippen LogP contribution is 2.31. The molecule has 1 aliphatic heterocycles. The highest BCUT2D eigenvalue weighted by Gasteiger charge is 2.15. The van der Waals surface area contributed by atoms with Gasteiger partial charge in [-0.2, -0.15) is 5.10 Å². The number of benzene rings is 2. The molecule has 1 aliphatic rings. The van der Waals surface area contributed by atoms with E-state index in [4.69, 9.17) is 9.47 Å². The maximum Gasteiger partial charge on any atom is 0.255 e. The Hall–Kier alpha value is -2.91. The summed E-state index contributed by atoms with van der Waals surface area (Å²) in [4.78, 5) is 11.8. The summed E-state index contributed by atoms with van der Waals surface area (Å²) in [6.45, 7) is -0.246. The molecule has 25 heavy (non-hydrogen) atoms. The molecular weight excluding hydrogens is 346 g/mol. The highest BCUT2D eigenvalue weighted by molar-refractivity contribution is 7.89. The van der Waals surface area contributed by atoms with Crippen LogP contribution in [-0.2, 0) is 14.8 Å². The first-order valence-electron chi connectivity index (χ1n) is 7.31. The summed E-state index contributed by atoms with van der Waals surface area (Å²) in [6, 6.07) is 13.0. The van der Waals surface area contributed by atoms with Crippen LogP contribution in [0.1, 0.15) is 5.56 Å². The Bertz CT molecular complexity index is 897. The lowest BCUT2D eigenvalue weighted by molar-refractivity contribution is -0.119. The molecule has 0 spiro atoms. The maximum atomic E-state index is 12.0. The minimum atomic E-state index is -3.73. The van der Waals surface area contributed by atoms with Gasteiger partial charge in [0.05, 0.1) is 17.7 Å². The van der Waals surface area contributed by atoms with E-state index < -0.39 is 22.5 Å². The molecule has 0 saturated carbocycles. The molecule has 0 fully saturated rings. The van der Waals surface area contributed by atoms with Crippen LogP contribution in [0.3, 0.4) is 0 Å². The second-order valence-corrected chi connectivity index (χ2v) is 6.81. The van der Waals surface area contributed by atoms with Crippen molar-refractivity contribution in [2.75, 3.05) is 13.3 Å². The third-order valence-corrected chi connectivity index (χ3v) is 4.69. The number of hydrazone groups is 1. The Balaban J connectivity index is 1.51. The van der Waals surface area contributed by atoms with Crippen molar-refractivity contribution in [3.8, 4) is 11.5 Å². The van der Waals surface area contributed by atoms with E-state index in [2.05, 4.69) is 15.2 Å². The van der Waals surface area contributed by atoms with E-state index in [1.807, 2.05) is 0 Å². The topological polar surface area (TPSA) is 106 Å². The summed E-state index contributed by atoms with van der Waals surface area (Å²) in [7, 11) is -3.73. The van der Waals surface area contributed by atoms with Crippen LogP contribution in [0, 0.1) is 0 Å². The minimum Gasteiger partial charge on any atom is -0.454 e. The minimum absolute atomic E-state index is 0.0895. The van der Waals surface area contributed by atoms with Gasteiger partial charge < -0.3 is 9.47 Å². The van der Waals surface area contributed by atoms with E-state index in [-0.39, 0.29) is 11.7 Å². The fraction of sp³-hybridized carbons (Fsp3) is 0.125. The van der Waals surface area contributed by atoms with Crippen molar-refractivity contribution in [3.63, 3.8) is 0 Å². The molecule has 0 aliphatic carbocycles. The van der Waals surface area contributed by atoms with Crippen LogP contribution in [0.5, 0.6) is 11.5 Å². The van der Waals surface area contributed by atoms with Crippen LogP contribution in [-0.4, -0.2) is 33.9 Å². The molecule has 3 rings (SSSR count). The van der Waals surface area contributed by atoms with Crippen molar-refractivity contribution in [1.82, 2.24) is 10.1 Å². The van der Waals surface area contributed by atoms with E-state index in [0.29, 0.717) is 17.1 Å². The third-order valence-electron chi connectivity index (χ3n) is 3.28. The number of carbonyl (C=O) groups excluding carboxylic acids is 1. The van der Waals surface area contributed by atoms with Gasteiger partial charge in [-0.1, -0.05) is 18.2 Å². The maximum absolute atomic E-state index is 12.0. The number of sulfonamides is 1. The van der Waals surface area contributed by atoms with Crippen LogP contribution >= 0.6 is 0 Å². The fourth-order valence-corrected chi connectivity index (χ4v) is 3.06. The molecule has 0 bridgehead atoms. The monoisotopic (exact) mass is 361 g/mol. The number of hydrogen-bond acceptors (Lipinski definition) is 6. The Morgan fingerprint density at radius 3 is 2.68 bits per heavy atom. The normalized spacial score (nSPS) is 13.1. The standard InChI is InChI=1S/C16H15N3O5S/c20-16(10-18-25(21,22)13-4-2-1-3-5-13)19-17-9-12-6-7-14-15(8-12)24-11-23-14/h1-9,18H,10-11H2,(H,19,20)/b17-9-. The Labute approximate surface area is 144 Å². The van der Waals surface area contributed by atoms with E-state index >= 15 is 0 Å². The number of rotatable bonds is 6. The molecule has 0 saturated heterocycles. The van der Waals surface area contributed by atoms with Crippen molar-refractivity contribution in [2.24, 2.45) is 5.10 Å². The Morgan fingerprint density at radius 2 is 1.88 bits per heavy atom. The van der Waals surface area contributed by atoms with Gasteiger partial charge in [-0.3, -0.25) is 4.79 Å². The molecule has 2 aromatic carbocycles. The summed E-state index contributed by atoms with van der Waals surface area (Å²) in [6.07, 6.45) is 1.42. The van der Waals surface area contributed by atoms with Crippen molar-refractivity contribution < 1.29 is 22.7 Å². The van der Waals surface area contributed by atoms with Gasteiger partial charge in [0.1, 0.15) is 0 Å². The molecule has 0 radical (unpaired) electrons. The smallest absolute Gasteiger partial charge is 0.255 e. The number of ether oxygens (including phenoxy) is 2. The van der Waals surface area contributed by atoms with Gasteiger partial charge in [0, 0.05) is 0 Å². The number of amides is 1. The molecule has 0 aromatic heterocycles. The largest absolute Gasteiger partial charge is 0.454 e. The number of nitrogens with one attached hydrogen (secondary N) is 2. The summed E-state index contributed by atoms with van der Waals surface area (Å²) in [5.74, 6) is 0.666. The number of fused-ring (bicyclic) bond motifs is 1. The molecule has 0 unspecified atom stereocenters. The van der Waals surface area contributed by atoms with Gasteiger partial charge in [0.25, 0.3) is 5.91 Å². The van der Waals surface area contributed by atoms with Crippen LogP contribution in [0.15, 0.2) is 58.5 Å². The zero-order chi connectivity index (χ0) is 17.7. The quantitative estimate of drug-likeness (QED) is 0.586. The third kappa shape index (κ3) is 4.34. The number of hydrogen-bond donors (Lipinski definition) is 2. The van der Waals surface area contributed by atoms with Crippen LogP contribution < -0.4 is 19.6 Å². The van der Waals surface area contributed by atoms with Crippen LogP contribution in [0.25, 0.3) is 0 Å². The van der Waals surface area contributed by atoms with E-state index in [9.17, 15) is 13.2 Å². The van der Waals surface area contributed by atoms with Crippen molar-refractivity contribution in [1.29, 1.82) is 0 Å². The molecule has 1 amide bonds. The first kappa shape index (κ1) is 16.9. The fourth-order valence-electron chi connectivity index (χ4n) is 2.06. The second-order valence-electron chi connectivity index (χ2n) is 5.04. The van der Waals surface area contributed by atoms with Gasteiger partial charge in [-0.05, 0) is 35.9 Å². The lowest BCUT2D eigenvalue weighted by Gasteiger charge is -2.05. The molecule has 2 aromatic rings. The lowest BCUT2D eigenvalue weighted by atomic mass is 10.2. The average molecular weight is 361 g/mol. The second kappa shape index (κ2) is 7.32. The van der Waals surface area contributed by atoms with Crippen molar-refractivity contribution >= 4 is 22.1 Å². The molecule has 2 N–H and O–H groups in total. The molecular formula is C16H15N3O5S. The van der Waals surface area contributed by atoms with Crippen molar-refractivity contribution in [2.45, 2.75) is 4.90 Å². The van der Waals surface area contributed by atoms with E-state index in [0.717, 1.165) is 0 Å². The predicted molar refractivity (Wildman–Crippen MR) is 89.9 cm³/mol. The summed E-state index contributed by atoms with van der Waals surface area (Å²) >= 11 is 0. The first-order valence-corrected chi connectivity index (χ1v) is 8.79. The van der Waals surface area contributed by atoms with Gasteiger partial charge in [0.2, 0.25) is 16.8 Å². The Kier molecular flexibility index (Phi) is 4.96. The number of carbonyl (C=O) groups is 1. The SMILES string of the molecule is O=C(CNS(=O)(=O)c1ccccc1)N/N=C\c1ccc2c(c1)OCO2.